The van der Waals surface area contributed by atoms with Gasteiger partial charge in [-0.3, -0.25) is 4.98 Å². The number of nitrogens with one attached hydrogen (secondary N) is 1. The molecule has 7 heteroatoms. The van der Waals surface area contributed by atoms with Crippen molar-refractivity contribution in [3.05, 3.63) is 71.8 Å². The summed E-state index contributed by atoms with van der Waals surface area (Å²) in [6, 6.07) is 11.8. The van der Waals surface area contributed by atoms with Crippen molar-refractivity contribution in [3.63, 3.8) is 0 Å². The number of pyridine rings is 1. The van der Waals surface area contributed by atoms with Crippen LogP contribution in [0.1, 0.15) is 29.8 Å². The fraction of sp³-hybridized carbons (Fsp3) is 0.238. The lowest BCUT2D eigenvalue weighted by Crippen LogP contribution is -2.28. The lowest BCUT2D eigenvalue weighted by Gasteiger charge is -2.25. The highest BCUT2D eigenvalue weighted by Gasteiger charge is 2.20. The monoisotopic (exact) mass is 380 g/mol. The number of rotatable bonds is 6. The van der Waals surface area contributed by atoms with E-state index in [9.17, 15) is 9.18 Å². The number of carbonyl (C=O) groups is 1. The van der Waals surface area contributed by atoms with Crippen LogP contribution in [0.4, 0.5) is 10.2 Å². The molecule has 0 spiro atoms. The van der Waals surface area contributed by atoms with Crippen molar-refractivity contribution >= 4 is 11.8 Å². The Hall–Kier alpha value is -3.35. The Labute approximate surface area is 162 Å². The number of carbonyl (C=O) groups excluding carboxylic acids is 1. The lowest BCUT2D eigenvalue weighted by atomic mass is 9.84. The van der Waals surface area contributed by atoms with Crippen molar-refractivity contribution in [1.82, 2.24) is 15.2 Å². The molecule has 3 aromatic rings. The Morgan fingerprint density at radius 2 is 1.86 bits per heavy atom. The molecule has 0 amide bonds. The number of nitrogens with zero attached hydrogens (tertiary/aromatic N) is 3. The smallest absolute Gasteiger partial charge is 0.339 e. The number of benzene rings is 1. The van der Waals surface area contributed by atoms with Gasteiger partial charge in [0.25, 0.3) is 0 Å². The maximum Gasteiger partial charge on any atom is 0.339 e. The topological polar surface area (TPSA) is 77.0 Å². The number of aromatic nitrogens is 3. The van der Waals surface area contributed by atoms with Crippen LogP contribution in [0.3, 0.4) is 0 Å². The maximum atomic E-state index is 13.1. The molecule has 1 aromatic carbocycles. The maximum absolute atomic E-state index is 13.1. The molecule has 2 heterocycles. The standard InChI is InChI=1S/C21H21FN4O2/c1-21(2,16-4-6-17(22)7-5-16)13-24-19-9-8-18(25-26-19)14-10-15(12-23-11-14)20(27)28-3/h4-12H,13H2,1-3H3,(H,24,26). The molecule has 3 rings (SSSR count). The molecular formula is C21H21FN4O2. The predicted molar refractivity (Wildman–Crippen MR) is 105 cm³/mol. The van der Waals surface area contributed by atoms with E-state index in [0.717, 1.165) is 5.56 Å². The molecule has 1 N–H and O–H groups in total. The van der Waals surface area contributed by atoms with E-state index in [4.69, 9.17) is 4.74 Å². The summed E-state index contributed by atoms with van der Waals surface area (Å²) in [6.45, 7) is 4.74. The molecule has 6 nitrogen and oxygen atoms in total. The van der Waals surface area contributed by atoms with Gasteiger partial charge in [-0.05, 0) is 35.9 Å². The Kier molecular flexibility index (Phi) is 5.63. The molecule has 0 bridgehead atoms. The second-order valence-corrected chi connectivity index (χ2v) is 7.00. The number of anilines is 1. The summed E-state index contributed by atoms with van der Waals surface area (Å²) in [6.07, 6.45) is 3.05. The molecular weight excluding hydrogens is 359 g/mol. The molecule has 0 aliphatic carbocycles. The molecule has 28 heavy (non-hydrogen) atoms. The summed E-state index contributed by atoms with van der Waals surface area (Å²) in [5.74, 6) is -0.0839. The van der Waals surface area contributed by atoms with E-state index in [2.05, 4.69) is 34.3 Å². The first-order valence-electron chi connectivity index (χ1n) is 8.76. The van der Waals surface area contributed by atoms with Crippen molar-refractivity contribution in [2.45, 2.75) is 19.3 Å². The van der Waals surface area contributed by atoms with E-state index in [0.29, 0.717) is 29.2 Å². The molecule has 0 atom stereocenters. The molecule has 0 aliphatic rings. The van der Waals surface area contributed by atoms with Crippen molar-refractivity contribution < 1.29 is 13.9 Å². The number of halogens is 1. The SMILES string of the molecule is COC(=O)c1cncc(-c2ccc(NCC(C)(C)c3ccc(F)cc3)nn2)c1. The third kappa shape index (κ3) is 4.49. The zero-order valence-electron chi connectivity index (χ0n) is 15.9. The third-order valence-corrected chi connectivity index (χ3v) is 4.46. The second-order valence-electron chi connectivity index (χ2n) is 7.00. The minimum Gasteiger partial charge on any atom is -0.465 e. The van der Waals surface area contributed by atoms with Crippen molar-refractivity contribution in [2.24, 2.45) is 0 Å². The molecule has 144 valence electrons. The summed E-state index contributed by atoms with van der Waals surface area (Å²) >= 11 is 0. The Morgan fingerprint density at radius 1 is 1.11 bits per heavy atom. The normalized spacial score (nSPS) is 11.1. The van der Waals surface area contributed by atoms with Crippen LogP contribution in [-0.4, -0.2) is 34.8 Å². The van der Waals surface area contributed by atoms with E-state index in [-0.39, 0.29) is 11.2 Å². The van der Waals surface area contributed by atoms with Crippen LogP contribution in [0.25, 0.3) is 11.3 Å². The fourth-order valence-corrected chi connectivity index (χ4v) is 2.70. The predicted octanol–water partition coefficient (Wildman–Crippen LogP) is 3.85. The molecule has 0 aliphatic heterocycles. The number of hydrogen-bond acceptors (Lipinski definition) is 6. The summed E-state index contributed by atoms with van der Waals surface area (Å²) < 4.78 is 17.8. The van der Waals surface area contributed by atoms with Gasteiger partial charge in [0.1, 0.15) is 11.6 Å². The van der Waals surface area contributed by atoms with Crippen molar-refractivity contribution in [1.29, 1.82) is 0 Å². The van der Waals surface area contributed by atoms with Crippen LogP contribution in [0.15, 0.2) is 54.9 Å². The van der Waals surface area contributed by atoms with Gasteiger partial charge in [-0.25, -0.2) is 9.18 Å². The highest BCUT2D eigenvalue weighted by Crippen LogP contribution is 2.24. The van der Waals surface area contributed by atoms with E-state index < -0.39 is 5.97 Å². The molecule has 0 saturated carbocycles. The van der Waals surface area contributed by atoms with Crippen LogP contribution in [0.2, 0.25) is 0 Å². The van der Waals surface area contributed by atoms with E-state index in [1.807, 2.05) is 6.07 Å². The van der Waals surface area contributed by atoms with Crippen LogP contribution in [0, 0.1) is 5.82 Å². The van der Waals surface area contributed by atoms with E-state index in [1.165, 1.54) is 25.4 Å². The lowest BCUT2D eigenvalue weighted by molar-refractivity contribution is 0.0600. The van der Waals surface area contributed by atoms with Gasteiger partial charge in [0.2, 0.25) is 0 Å². The first-order valence-corrected chi connectivity index (χ1v) is 8.76. The molecule has 0 saturated heterocycles. The number of methoxy groups -OCH3 is 1. The quantitative estimate of drug-likeness (QED) is 0.655. The van der Waals surface area contributed by atoms with E-state index >= 15 is 0 Å². The van der Waals surface area contributed by atoms with Gasteiger partial charge in [0.15, 0.2) is 0 Å². The first-order chi connectivity index (χ1) is 13.4. The molecule has 0 radical (unpaired) electrons. The van der Waals surface area contributed by atoms with Crippen LogP contribution < -0.4 is 5.32 Å². The average Bonchev–Trinajstić information content (AvgIpc) is 2.72. The van der Waals surface area contributed by atoms with Crippen LogP contribution in [0.5, 0.6) is 0 Å². The van der Waals surface area contributed by atoms with Crippen molar-refractivity contribution in [2.75, 3.05) is 19.0 Å². The number of esters is 1. The molecule has 0 unspecified atom stereocenters. The Balaban J connectivity index is 1.69. The number of hydrogen-bond donors (Lipinski definition) is 1. The van der Waals surface area contributed by atoms with E-state index in [1.54, 1.807) is 30.5 Å². The zero-order valence-corrected chi connectivity index (χ0v) is 15.9. The highest BCUT2D eigenvalue weighted by molar-refractivity contribution is 5.90. The van der Waals surface area contributed by atoms with Gasteiger partial charge in [0.05, 0.1) is 18.4 Å². The van der Waals surface area contributed by atoms with Gasteiger partial charge in [-0.15, -0.1) is 10.2 Å². The number of ether oxygens (including phenoxy) is 1. The molecule has 2 aromatic heterocycles. The first kappa shape index (κ1) is 19.4. The zero-order chi connectivity index (χ0) is 20.1. The van der Waals surface area contributed by atoms with Gasteiger partial charge < -0.3 is 10.1 Å². The van der Waals surface area contributed by atoms with Gasteiger partial charge >= 0.3 is 5.97 Å². The minimum atomic E-state index is -0.455. The van der Waals surface area contributed by atoms with Gasteiger partial charge in [0, 0.05) is 29.9 Å². The minimum absolute atomic E-state index is 0.215. The summed E-state index contributed by atoms with van der Waals surface area (Å²) in [5, 5.41) is 11.7. The Bertz CT molecular complexity index is 957. The largest absolute Gasteiger partial charge is 0.465 e. The average molecular weight is 380 g/mol. The van der Waals surface area contributed by atoms with Crippen LogP contribution in [-0.2, 0) is 10.2 Å². The third-order valence-electron chi connectivity index (χ3n) is 4.46. The summed E-state index contributed by atoms with van der Waals surface area (Å²) in [7, 11) is 1.32. The highest BCUT2D eigenvalue weighted by atomic mass is 19.1. The second kappa shape index (κ2) is 8.12. The van der Waals surface area contributed by atoms with Gasteiger partial charge in [-0.2, -0.15) is 0 Å². The van der Waals surface area contributed by atoms with Crippen molar-refractivity contribution in [3.8, 4) is 11.3 Å². The fourth-order valence-electron chi connectivity index (χ4n) is 2.70. The molecule has 0 fully saturated rings. The summed E-state index contributed by atoms with van der Waals surface area (Å²) in [4.78, 5) is 15.7. The van der Waals surface area contributed by atoms with Crippen LogP contribution >= 0.6 is 0 Å². The summed E-state index contributed by atoms with van der Waals surface area (Å²) in [5.41, 5.74) is 2.43. The Morgan fingerprint density at radius 3 is 2.50 bits per heavy atom. The van der Waals surface area contributed by atoms with Gasteiger partial charge in [-0.1, -0.05) is 26.0 Å².